The van der Waals surface area contributed by atoms with Gasteiger partial charge in [0.1, 0.15) is 5.75 Å². The van der Waals surface area contributed by atoms with Crippen LogP contribution in [0.25, 0.3) is 11.3 Å². The van der Waals surface area contributed by atoms with Gasteiger partial charge in [0.2, 0.25) is 0 Å². The van der Waals surface area contributed by atoms with Crippen molar-refractivity contribution in [3.8, 4) is 17.0 Å². The number of carbonyl (C=O) groups excluding carboxylic acids is 1. The lowest BCUT2D eigenvalue weighted by Gasteiger charge is -2.05. The number of thiazole rings is 1. The second kappa shape index (κ2) is 9.58. The molecule has 0 unspecified atom stereocenters. The Kier molecular flexibility index (Phi) is 6.90. The molecule has 0 saturated heterocycles. The monoisotopic (exact) mass is 398 g/mol. The fraction of sp³-hybridized carbons (Fsp3) is 0.238. The van der Waals surface area contributed by atoms with Crippen LogP contribution in [0.3, 0.4) is 0 Å². The Bertz CT molecular complexity index is 874. The summed E-state index contributed by atoms with van der Waals surface area (Å²) in [5, 5.41) is 5.41. The number of benzene rings is 2. The Morgan fingerprint density at radius 3 is 2.52 bits per heavy atom. The molecule has 0 aliphatic rings. The summed E-state index contributed by atoms with van der Waals surface area (Å²) in [6, 6.07) is 15.5. The molecule has 1 heterocycles. The topological polar surface area (TPSA) is 51.2 Å². The zero-order valence-electron chi connectivity index (χ0n) is 15.4. The summed E-state index contributed by atoms with van der Waals surface area (Å²) in [6.07, 6.45) is 0.983. The second-order valence-electron chi connectivity index (χ2n) is 5.82. The van der Waals surface area contributed by atoms with Gasteiger partial charge in [-0.05, 0) is 60.7 Å². The van der Waals surface area contributed by atoms with Gasteiger partial charge in [-0.1, -0.05) is 13.8 Å². The highest BCUT2D eigenvalue weighted by atomic mass is 32.2. The van der Waals surface area contributed by atoms with E-state index in [2.05, 4.69) is 24.1 Å². The normalized spacial score (nSPS) is 10.6. The zero-order valence-corrected chi connectivity index (χ0v) is 17.0. The Morgan fingerprint density at radius 2 is 1.85 bits per heavy atom. The van der Waals surface area contributed by atoms with Crippen molar-refractivity contribution < 1.29 is 9.53 Å². The molecule has 2 aromatic carbocycles. The highest BCUT2D eigenvalue weighted by Crippen LogP contribution is 2.27. The Morgan fingerprint density at radius 1 is 1.11 bits per heavy atom. The quantitative estimate of drug-likeness (QED) is 0.475. The van der Waals surface area contributed by atoms with Crippen LogP contribution < -0.4 is 10.1 Å². The molecule has 0 aliphatic carbocycles. The Hall–Kier alpha value is -2.31. The number of thioether (sulfide) groups is 1. The van der Waals surface area contributed by atoms with Crippen LogP contribution >= 0.6 is 23.1 Å². The van der Waals surface area contributed by atoms with Crippen LogP contribution in [0.1, 0.15) is 30.6 Å². The lowest BCUT2D eigenvalue weighted by atomic mass is 10.2. The second-order valence-corrected chi connectivity index (χ2v) is 8.02. The third kappa shape index (κ3) is 5.34. The van der Waals surface area contributed by atoms with E-state index in [4.69, 9.17) is 4.74 Å². The molecule has 0 radical (unpaired) electrons. The number of ether oxygens (including phenoxy) is 1. The van der Waals surface area contributed by atoms with Crippen molar-refractivity contribution in [3.05, 3.63) is 59.5 Å². The van der Waals surface area contributed by atoms with Crippen LogP contribution in [-0.4, -0.2) is 23.3 Å². The largest absolute Gasteiger partial charge is 0.494 e. The van der Waals surface area contributed by atoms with Crippen molar-refractivity contribution >= 4 is 34.1 Å². The average molecular weight is 399 g/mol. The number of hydrogen-bond acceptors (Lipinski definition) is 5. The molecule has 1 aromatic heterocycles. The number of nitrogens with one attached hydrogen (secondary N) is 1. The fourth-order valence-electron chi connectivity index (χ4n) is 2.44. The lowest BCUT2D eigenvalue weighted by Crippen LogP contribution is -2.11. The van der Waals surface area contributed by atoms with Crippen molar-refractivity contribution in [1.82, 2.24) is 4.98 Å². The smallest absolute Gasteiger partial charge is 0.257 e. The third-order valence-electron chi connectivity index (χ3n) is 3.78. The lowest BCUT2D eigenvalue weighted by molar-refractivity contribution is 0.102. The van der Waals surface area contributed by atoms with Crippen LogP contribution in [0.15, 0.2) is 58.8 Å². The predicted molar refractivity (Wildman–Crippen MR) is 114 cm³/mol. The molecule has 3 rings (SSSR count). The van der Waals surface area contributed by atoms with E-state index in [9.17, 15) is 4.79 Å². The van der Waals surface area contributed by atoms with E-state index in [-0.39, 0.29) is 5.91 Å². The van der Waals surface area contributed by atoms with E-state index in [0.717, 1.165) is 34.1 Å². The molecule has 0 spiro atoms. The molecule has 0 bridgehead atoms. The third-order valence-corrected chi connectivity index (χ3v) is 5.43. The Labute approximate surface area is 168 Å². The zero-order chi connectivity index (χ0) is 19.1. The Balaban J connectivity index is 1.64. The average Bonchev–Trinajstić information content (AvgIpc) is 3.16. The van der Waals surface area contributed by atoms with Gasteiger partial charge in [0.25, 0.3) is 5.91 Å². The number of aromatic nitrogens is 1. The van der Waals surface area contributed by atoms with Gasteiger partial charge < -0.3 is 4.74 Å². The van der Waals surface area contributed by atoms with Crippen molar-refractivity contribution in [1.29, 1.82) is 0 Å². The molecule has 3 aromatic rings. The SMILES string of the molecule is CCCOc1ccc(-c2csc(NC(=O)c3ccc(SCC)cc3)n2)cc1. The van der Waals surface area contributed by atoms with Crippen LogP contribution in [-0.2, 0) is 0 Å². The molecule has 0 fully saturated rings. The predicted octanol–water partition coefficient (Wildman–Crippen LogP) is 5.96. The van der Waals surface area contributed by atoms with Gasteiger partial charge in [-0.3, -0.25) is 10.1 Å². The van der Waals surface area contributed by atoms with Gasteiger partial charge in [0.15, 0.2) is 5.13 Å². The van der Waals surface area contributed by atoms with E-state index in [1.54, 1.807) is 11.8 Å². The molecule has 4 nitrogen and oxygen atoms in total. The summed E-state index contributed by atoms with van der Waals surface area (Å²) >= 11 is 3.17. The molecule has 140 valence electrons. The minimum atomic E-state index is -0.146. The van der Waals surface area contributed by atoms with Gasteiger partial charge in [-0.25, -0.2) is 4.98 Å². The number of hydrogen-bond donors (Lipinski definition) is 1. The van der Waals surface area contributed by atoms with Crippen LogP contribution in [0, 0.1) is 0 Å². The number of nitrogens with zero attached hydrogens (tertiary/aromatic N) is 1. The molecular formula is C21H22N2O2S2. The minimum absolute atomic E-state index is 0.146. The van der Waals surface area contributed by atoms with Gasteiger partial charge in [0, 0.05) is 21.4 Å². The first kappa shape index (κ1) is 19.5. The highest BCUT2D eigenvalue weighted by molar-refractivity contribution is 7.99. The van der Waals surface area contributed by atoms with E-state index < -0.39 is 0 Å². The van der Waals surface area contributed by atoms with Crippen molar-refractivity contribution in [2.75, 3.05) is 17.7 Å². The number of anilines is 1. The number of amides is 1. The number of carbonyl (C=O) groups is 1. The van der Waals surface area contributed by atoms with E-state index >= 15 is 0 Å². The van der Waals surface area contributed by atoms with E-state index in [1.807, 2.05) is 53.9 Å². The van der Waals surface area contributed by atoms with Gasteiger partial charge >= 0.3 is 0 Å². The van der Waals surface area contributed by atoms with Gasteiger partial charge in [-0.15, -0.1) is 23.1 Å². The minimum Gasteiger partial charge on any atom is -0.494 e. The van der Waals surface area contributed by atoms with Crippen LogP contribution in [0.2, 0.25) is 0 Å². The van der Waals surface area contributed by atoms with E-state index in [0.29, 0.717) is 17.3 Å². The standard InChI is InChI=1S/C21H22N2O2S2/c1-3-13-25-17-9-5-15(6-10-17)19-14-27-21(22-19)23-20(24)16-7-11-18(12-8-16)26-4-2/h5-12,14H,3-4,13H2,1-2H3,(H,22,23,24). The molecule has 1 amide bonds. The molecular weight excluding hydrogens is 376 g/mol. The summed E-state index contributed by atoms with van der Waals surface area (Å²) in [7, 11) is 0. The number of rotatable bonds is 8. The maximum absolute atomic E-state index is 12.4. The molecule has 0 aliphatic heterocycles. The van der Waals surface area contributed by atoms with Gasteiger partial charge in [-0.2, -0.15) is 0 Å². The highest BCUT2D eigenvalue weighted by Gasteiger charge is 2.10. The molecule has 6 heteroatoms. The first-order valence-corrected chi connectivity index (χ1v) is 10.8. The van der Waals surface area contributed by atoms with Crippen molar-refractivity contribution in [2.24, 2.45) is 0 Å². The summed E-state index contributed by atoms with van der Waals surface area (Å²) in [4.78, 5) is 18.1. The van der Waals surface area contributed by atoms with Crippen molar-refractivity contribution in [3.63, 3.8) is 0 Å². The first-order valence-electron chi connectivity index (χ1n) is 8.92. The van der Waals surface area contributed by atoms with Gasteiger partial charge in [0.05, 0.1) is 12.3 Å². The molecule has 0 saturated carbocycles. The van der Waals surface area contributed by atoms with E-state index in [1.165, 1.54) is 11.3 Å². The molecule has 1 N–H and O–H groups in total. The fourth-order valence-corrected chi connectivity index (χ4v) is 3.82. The van der Waals surface area contributed by atoms with Crippen LogP contribution in [0.5, 0.6) is 5.75 Å². The summed E-state index contributed by atoms with van der Waals surface area (Å²) in [6.45, 7) is 4.90. The van der Waals surface area contributed by atoms with Crippen molar-refractivity contribution in [2.45, 2.75) is 25.2 Å². The molecule has 0 atom stereocenters. The summed E-state index contributed by atoms with van der Waals surface area (Å²) < 4.78 is 5.60. The summed E-state index contributed by atoms with van der Waals surface area (Å²) in [5.41, 5.74) is 2.47. The summed E-state index contributed by atoms with van der Waals surface area (Å²) in [5.74, 6) is 1.72. The maximum Gasteiger partial charge on any atom is 0.257 e. The molecule has 27 heavy (non-hydrogen) atoms. The van der Waals surface area contributed by atoms with Crippen LogP contribution in [0.4, 0.5) is 5.13 Å². The first-order chi connectivity index (χ1) is 13.2. The maximum atomic E-state index is 12.4.